The molecule has 1 aliphatic rings. The highest BCUT2D eigenvalue weighted by Crippen LogP contribution is 2.35. The fraction of sp³-hybridized carbons (Fsp3) is 0.714. The number of nitrogens with zero attached hydrogens (tertiary/aromatic N) is 2. The first kappa shape index (κ1) is 13.7. The highest BCUT2D eigenvalue weighted by atomic mass is 32.2. The van der Waals surface area contributed by atoms with Gasteiger partial charge in [-0.25, -0.2) is 9.97 Å². The Hall–Kier alpha value is -0.770. The number of anilines is 1. The lowest BCUT2D eigenvalue weighted by Crippen LogP contribution is -2.10. The summed E-state index contributed by atoms with van der Waals surface area (Å²) < 4.78 is 0. The largest absolute Gasteiger partial charge is 0.370 e. The first-order valence-electron chi connectivity index (χ1n) is 7.09. The van der Waals surface area contributed by atoms with Crippen molar-refractivity contribution in [3.8, 4) is 0 Å². The molecular weight excluding hydrogens is 242 g/mol. The number of rotatable bonds is 5. The average Bonchev–Trinajstić information content (AvgIpc) is 2.41. The third-order valence-corrected chi connectivity index (χ3v) is 4.81. The molecule has 4 heteroatoms. The van der Waals surface area contributed by atoms with Crippen molar-refractivity contribution in [1.29, 1.82) is 0 Å². The minimum atomic E-state index is 0.758. The molecule has 0 spiro atoms. The molecule has 1 N–H and O–H groups in total. The maximum Gasteiger partial charge on any atom is 0.133 e. The van der Waals surface area contributed by atoms with Crippen molar-refractivity contribution in [2.45, 2.75) is 62.6 Å². The molecule has 100 valence electrons. The summed E-state index contributed by atoms with van der Waals surface area (Å²) in [6.45, 7) is 5.21. The van der Waals surface area contributed by atoms with Gasteiger partial charge in [-0.1, -0.05) is 26.2 Å². The van der Waals surface area contributed by atoms with Crippen LogP contribution >= 0.6 is 11.8 Å². The minimum absolute atomic E-state index is 0.758. The number of hydrogen-bond acceptors (Lipinski definition) is 4. The summed E-state index contributed by atoms with van der Waals surface area (Å²) in [6, 6.07) is 0. The van der Waals surface area contributed by atoms with Gasteiger partial charge in [0.2, 0.25) is 0 Å². The van der Waals surface area contributed by atoms with E-state index in [-0.39, 0.29) is 0 Å². The van der Waals surface area contributed by atoms with E-state index < -0.39 is 0 Å². The van der Waals surface area contributed by atoms with E-state index >= 15 is 0 Å². The lowest BCUT2D eigenvalue weighted by atomic mass is 10.0. The monoisotopic (exact) mass is 265 g/mol. The Morgan fingerprint density at radius 2 is 2.00 bits per heavy atom. The zero-order valence-electron chi connectivity index (χ0n) is 11.4. The van der Waals surface area contributed by atoms with Crippen molar-refractivity contribution in [1.82, 2.24) is 9.97 Å². The maximum absolute atomic E-state index is 4.50. The van der Waals surface area contributed by atoms with E-state index in [0.717, 1.165) is 24.0 Å². The van der Waals surface area contributed by atoms with Crippen LogP contribution in [0.15, 0.2) is 11.4 Å². The van der Waals surface area contributed by atoms with Gasteiger partial charge in [0.1, 0.15) is 17.2 Å². The van der Waals surface area contributed by atoms with Gasteiger partial charge in [-0.2, -0.15) is 0 Å². The van der Waals surface area contributed by atoms with Gasteiger partial charge < -0.3 is 5.32 Å². The Labute approximate surface area is 114 Å². The topological polar surface area (TPSA) is 37.8 Å². The number of nitrogens with one attached hydrogen (secondary N) is 1. The van der Waals surface area contributed by atoms with Crippen molar-refractivity contribution in [3.63, 3.8) is 0 Å². The van der Waals surface area contributed by atoms with Gasteiger partial charge in [-0.15, -0.1) is 11.8 Å². The summed E-state index contributed by atoms with van der Waals surface area (Å²) in [5.74, 6) is 1.02. The summed E-state index contributed by atoms with van der Waals surface area (Å²) >= 11 is 1.96. The molecule has 0 aromatic carbocycles. The third-order valence-electron chi connectivity index (χ3n) is 3.43. The van der Waals surface area contributed by atoms with Crippen LogP contribution in [0, 0.1) is 0 Å². The first-order valence-corrected chi connectivity index (χ1v) is 7.97. The fourth-order valence-electron chi connectivity index (χ4n) is 2.48. The predicted octanol–water partition coefficient (Wildman–Crippen LogP) is 3.90. The molecule has 1 saturated carbocycles. The second-order valence-corrected chi connectivity index (χ2v) is 6.06. The van der Waals surface area contributed by atoms with Crippen molar-refractivity contribution in [2.24, 2.45) is 0 Å². The molecule has 0 unspecified atom stereocenters. The lowest BCUT2D eigenvalue weighted by molar-refractivity contribution is 0.515. The maximum atomic E-state index is 4.50. The zero-order valence-corrected chi connectivity index (χ0v) is 12.2. The fourth-order valence-corrected chi connectivity index (χ4v) is 3.85. The van der Waals surface area contributed by atoms with Gasteiger partial charge in [0.15, 0.2) is 0 Å². The van der Waals surface area contributed by atoms with Gasteiger partial charge in [0, 0.05) is 17.4 Å². The standard InChI is InChI=1S/C14H23N3S/c1-3-12-13(15-4-2)16-10-17-14(12)18-11-8-6-5-7-9-11/h10-11H,3-9H2,1-2H3,(H,15,16,17). The van der Waals surface area contributed by atoms with E-state index in [1.807, 2.05) is 11.8 Å². The highest BCUT2D eigenvalue weighted by Gasteiger charge is 2.18. The second kappa shape index (κ2) is 6.98. The van der Waals surface area contributed by atoms with E-state index in [9.17, 15) is 0 Å². The van der Waals surface area contributed by atoms with Crippen molar-refractivity contribution >= 4 is 17.6 Å². The zero-order chi connectivity index (χ0) is 12.8. The summed E-state index contributed by atoms with van der Waals surface area (Å²) in [4.78, 5) is 8.86. The summed E-state index contributed by atoms with van der Waals surface area (Å²) in [7, 11) is 0. The number of aromatic nitrogens is 2. The van der Waals surface area contributed by atoms with Crippen LogP contribution in [0.5, 0.6) is 0 Å². The Kier molecular flexibility index (Phi) is 5.29. The van der Waals surface area contributed by atoms with Crippen LogP contribution in [-0.4, -0.2) is 21.8 Å². The van der Waals surface area contributed by atoms with Crippen molar-refractivity contribution in [2.75, 3.05) is 11.9 Å². The third kappa shape index (κ3) is 3.37. The average molecular weight is 265 g/mol. The molecule has 1 heterocycles. The Balaban J connectivity index is 2.12. The van der Waals surface area contributed by atoms with Gasteiger partial charge >= 0.3 is 0 Å². The van der Waals surface area contributed by atoms with E-state index in [1.165, 1.54) is 42.7 Å². The molecule has 1 fully saturated rings. The minimum Gasteiger partial charge on any atom is -0.370 e. The van der Waals surface area contributed by atoms with E-state index in [0.29, 0.717) is 0 Å². The van der Waals surface area contributed by atoms with Gasteiger partial charge in [0.05, 0.1) is 0 Å². The molecule has 0 bridgehead atoms. The Bertz CT molecular complexity index is 375. The Morgan fingerprint density at radius 3 is 2.67 bits per heavy atom. The van der Waals surface area contributed by atoms with Crippen molar-refractivity contribution < 1.29 is 0 Å². The first-order chi connectivity index (χ1) is 8.85. The molecule has 3 nitrogen and oxygen atoms in total. The van der Waals surface area contributed by atoms with E-state index in [4.69, 9.17) is 0 Å². The smallest absolute Gasteiger partial charge is 0.133 e. The predicted molar refractivity (Wildman–Crippen MR) is 78.3 cm³/mol. The second-order valence-electron chi connectivity index (χ2n) is 4.77. The van der Waals surface area contributed by atoms with Crippen LogP contribution in [0.2, 0.25) is 0 Å². The van der Waals surface area contributed by atoms with Gasteiger partial charge in [-0.3, -0.25) is 0 Å². The van der Waals surface area contributed by atoms with Gasteiger partial charge in [-0.05, 0) is 26.2 Å². The van der Waals surface area contributed by atoms with E-state index in [2.05, 4.69) is 29.1 Å². The molecule has 1 aromatic heterocycles. The lowest BCUT2D eigenvalue weighted by Gasteiger charge is -2.22. The van der Waals surface area contributed by atoms with Crippen LogP contribution in [0.1, 0.15) is 51.5 Å². The number of thioether (sulfide) groups is 1. The van der Waals surface area contributed by atoms with E-state index in [1.54, 1.807) is 6.33 Å². The summed E-state index contributed by atoms with van der Waals surface area (Å²) in [6.07, 6.45) is 9.54. The SMILES string of the molecule is CCNc1ncnc(SC2CCCCC2)c1CC. The summed E-state index contributed by atoms with van der Waals surface area (Å²) in [5.41, 5.74) is 1.29. The van der Waals surface area contributed by atoms with Crippen LogP contribution in [0.25, 0.3) is 0 Å². The van der Waals surface area contributed by atoms with Crippen molar-refractivity contribution in [3.05, 3.63) is 11.9 Å². The molecule has 2 rings (SSSR count). The number of hydrogen-bond donors (Lipinski definition) is 1. The molecular formula is C14H23N3S. The van der Waals surface area contributed by atoms with Crippen LogP contribution in [0.3, 0.4) is 0 Å². The van der Waals surface area contributed by atoms with Crippen LogP contribution < -0.4 is 5.32 Å². The Morgan fingerprint density at radius 1 is 1.22 bits per heavy atom. The molecule has 0 amide bonds. The highest BCUT2D eigenvalue weighted by molar-refractivity contribution is 7.99. The van der Waals surface area contributed by atoms with Crippen LogP contribution in [0.4, 0.5) is 5.82 Å². The molecule has 0 saturated heterocycles. The molecule has 0 aliphatic heterocycles. The quantitative estimate of drug-likeness (QED) is 0.820. The molecule has 1 aromatic rings. The molecule has 0 radical (unpaired) electrons. The van der Waals surface area contributed by atoms with Crippen LogP contribution in [-0.2, 0) is 6.42 Å². The molecule has 1 aliphatic carbocycles. The summed E-state index contributed by atoms with van der Waals surface area (Å²) in [5, 5.41) is 5.29. The van der Waals surface area contributed by atoms with Gasteiger partial charge in [0.25, 0.3) is 0 Å². The molecule has 0 atom stereocenters. The molecule has 18 heavy (non-hydrogen) atoms. The normalized spacial score (nSPS) is 16.8.